The first-order valence-corrected chi connectivity index (χ1v) is 8.28. The Kier molecular flexibility index (Phi) is 4.99. The first kappa shape index (κ1) is 16.0. The summed E-state index contributed by atoms with van der Waals surface area (Å²) in [7, 11) is -3.80. The molecule has 1 saturated heterocycles. The summed E-state index contributed by atoms with van der Waals surface area (Å²) in [6, 6.07) is 3.78. The van der Waals surface area contributed by atoms with Crippen molar-refractivity contribution in [2.75, 3.05) is 19.7 Å². The molecule has 0 radical (unpaired) electrons. The van der Waals surface area contributed by atoms with E-state index in [1.54, 1.807) is 0 Å². The van der Waals surface area contributed by atoms with Crippen LogP contribution in [0.2, 0.25) is 0 Å². The number of nitrogens with zero attached hydrogens (tertiary/aromatic N) is 1. The molecule has 0 spiro atoms. The summed E-state index contributed by atoms with van der Waals surface area (Å²) in [5.41, 5.74) is 0.340. The normalized spacial score (nSPS) is 19.9. The molecule has 1 unspecified atom stereocenters. The Bertz CT molecular complexity index is 676. The van der Waals surface area contributed by atoms with E-state index in [0.717, 1.165) is 18.9 Å². The molecule has 114 valence electrons. The Hall–Kier alpha value is -1.42. The van der Waals surface area contributed by atoms with Crippen molar-refractivity contribution in [3.05, 3.63) is 29.6 Å². The topological polar surface area (TPSA) is 57.6 Å². The lowest BCUT2D eigenvalue weighted by Crippen LogP contribution is -2.39. The van der Waals surface area contributed by atoms with Crippen molar-refractivity contribution in [1.82, 2.24) is 4.31 Å². The Morgan fingerprint density at radius 3 is 2.86 bits per heavy atom. The molecule has 1 heterocycles. The third-order valence-corrected chi connectivity index (χ3v) is 5.38. The SMILES string of the molecule is CC1CCCN(S(=O)(=O)c2ccc(C#CCO)cc2F)C1. The number of piperidine rings is 1. The molecule has 0 amide bonds. The second kappa shape index (κ2) is 6.56. The lowest BCUT2D eigenvalue weighted by molar-refractivity contribution is 0.280. The second-order valence-electron chi connectivity index (χ2n) is 5.22. The molecular weight excluding hydrogens is 293 g/mol. The summed E-state index contributed by atoms with van der Waals surface area (Å²) in [6.45, 7) is 2.52. The van der Waals surface area contributed by atoms with Gasteiger partial charge in [0.25, 0.3) is 0 Å². The fourth-order valence-corrected chi connectivity index (χ4v) is 4.08. The molecule has 0 saturated carbocycles. The molecule has 0 bridgehead atoms. The van der Waals surface area contributed by atoms with E-state index in [1.165, 1.54) is 16.4 Å². The molecule has 1 aliphatic rings. The van der Waals surface area contributed by atoms with Crippen LogP contribution in [-0.4, -0.2) is 37.5 Å². The van der Waals surface area contributed by atoms with Crippen LogP contribution in [0.15, 0.2) is 23.1 Å². The predicted molar refractivity (Wildman–Crippen MR) is 77.5 cm³/mol. The molecule has 21 heavy (non-hydrogen) atoms. The average Bonchev–Trinajstić information content (AvgIpc) is 2.45. The predicted octanol–water partition coefficient (Wildman–Crippen LogP) is 1.59. The van der Waals surface area contributed by atoms with Gasteiger partial charge in [-0.25, -0.2) is 12.8 Å². The smallest absolute Gasteiger partial charge is 0.245 e. The standard InChI is InChI=1S/C15H18FNO3S/c1-12-4-2-8-17(11-12)21(19,20)15-7-6-13(5-3-9-18)10-14(15)16/h6-7,10,12,18H,2,4,8-9,11H2,1H3. The first-order chi connectivity index (χ1) is 9.95. The van der Waals surface area contributed by atoms with Gasteiger partial charge in [0.15, 0.2) is 0 Å². The van der Waals surface area contributed by atoms with E-state index >= 15 is 0 Å². The second-order valence-corrected chi connectivity index (χ2v) is 7.12. The summed E-state index contributed by atoms with van der Waals surface area (Å²) < 4.78 is 40.4. The Morgan fingerprint density at radius 1 is 1.48 bits per heavy atom. The zero-order valence-corrected chi connectivity index (χ0v) is 12.7. The Balaban J connectivity index is 2.32. The van der Waals surface area contributed by atoms with E-state index in [1.807, 2.05) is 6.92 Å². The zero-order valence-electron chi connectivity index (χ0n) is 11.8. The van der Waals surface area contributed by atoms with Crippen molar-refractivity contribution >= 4 is 10.0 Å². The molecule has 1 aromatic carbocycles. The van der Waals surface area contributed by atoms with Crippen molar-refractivity contribution in [3.8, 4) is 11.8 Å². The summed E-state index contributed by atoms with van der Waals surface area (Å²) >= 11 is 0. The number of rotatable bonds is 2. The number of hydrogen-bond acceptors (Lipinski definition) is 3. The fourth-order valence-electron chi connectivity index (χ4n) is 2.43. The van der Waals surface area contributed by atoms with Gasteiger partial charge in [-0.1, -0.05) is 18.8 Å². The highest BCUT2D eigenvalue weighted by Gasteiger charge is 2.30. The average molecular weight is 311 g/mol. The molecule has 2 rings (SSSR count). The molecule has 0 aliphatic carbocycles. The van der Waals surface area contributed by atoms with Gasteiger partial charge < -0.3 is 5.11 Å². The highest BCUT2D eigenvalue weighted by atomic mass is 32.2. The van der Waals surface area contributed by atoms with Gasteiger partial charge in [0.05, 0.1) is 0 Å². The number of aliphatic hydroxyl groups is 1. The molecule has 1 N–H and O–H groups in total. The van der Waals surface area contributed by atoms with E-state index in [0.29, 0.717) is 18.7 Å². The summed E-state index contributed by atoms with van der Waals surface area (Å²) in [5, 5.41) is 8.61. The minimum Gasteiger partial charge on any atom is -0.384 e. The van der Waals surface area contributed by atoms with Crippen LogP contribution in [0.1, 0.15) is 25.3 Å². The van der Waals surface area contributed by atoms with Crippen molar-refractivity contribution < 1.29 is 17.9 Å². The highest BCUT2D eigenvalue weighted by molar-refractivity contribution is 7.89. The van der Waals surface area contributed by atoms with Crippen LogP contribution in [0.5, 0.6) is 0 Å². The monoisotopic (exact) mass is 311 g/mol. The first-order valence-electron chi connectivity index (χ1n) is 6.84. The maximum atomic E-state index is 14.1. The van der Waals surface area contributed by atoms with Gasteiger partial charge in [0.1, 0.15) is 17.3 Å². The minimum absolute atomic E-state index is 0.284. The third-order valence-electron chi connectivity index (χ3n) is 3.48. The summed E-state index contributed by atoms with van der Waals surface area (Å²) in [5.74, 6) is 4.43. The number of hydrogen-bond donors (Lipinski definition) is 1. The van der Waals surface area contributed by atoms with E-state index in [4.69, 9.17) is 5.11 Å². The largest absolute Gasteiger partial charge is 0.384 e. The van der Waals surface area contributed by atoms with Crippen molar-refractivity contribution in [2.45, 2.75) is 24.7 Å². The van der Waals surface area contributed by atoms with Crippen LogP contribution in [0.4, 0.5) is 4.39 Å². The van der Waals surface area contributed by atoms with Crippen LogP contribution in [0.25, 0.3) is 0 Å². The van der Waals surface area contributed by atoms with Crippen molar-refractivity contribution in [2.24, 2.45) is 5.92 Å². The lowest BCUT2D eigenvalue weighted by atomic mass is 10.0. The van der Waals surface area contributed by atoms with Gasteiger partial charge in [-0.15, -0.1) is 0 Å². The van der Waals surface area contributed by atoms with Crippen LogP contribution in [-0.2, 0) is 10.0 Å². The maximum Gasteiger partial charge on any atom is 0.245 e. The van der Waals surface area contributed by atoms with E-state index in [9.17, 15) is 12.8 Å². The van der Waals surface area contributed by atoms with Crippen molar-refractivity contribution in [3.63, 3.8) is 0 Å². The quantitative estimate of drug-likeness (QED) is 0.844. The number of halogens is 1. The van der Waals surface area contributed by atoms with E-state index < -0.39 is 15.8 Å². The van der Waals surface area contributed by atoms with E-state index in [2.05, 4.69) is 11.8 Å². The molecule has 4 nitrogen and oxygen atoms in total. The van der Waals surface area contributed by atoms with Gasteiger partial charge in [0, 0.05) is 18.7 Å². The third kappa shape index (κ3) is 3.62. The van der Waals surface area contributed by atoms with Crippen LogP contribution >= 0.6 is 0 Å². The zero-order chi connectivity index (χ0) is 15.5. The summed E-state index contributed by atoms with van der Waals surface area (Å²) in [6.07, 6.45) is 1.78. The highest BCUT2D eigenvalue weighted by Crippen LogP contribution is 2.25. The van der Waals surface area contributed by atoms with Gasteiger partial charge in [-0.05, 0) is 37.0 Å². The van der Waals surface area contributed by atoms with E-state index in [-0.39, 0.29) is 17.4 Å². The molecule has 1 fully saturated rings. The Labute approximate surface area is 124 Å². The molecule has 1 aromatic rings. The maximum absolute atomic E-state index is 14.1. The van der Waals surface area contributed by atoms with Crippen LogP contribution in [0, 0.1) is 23.6 Å². The van der Waals surface area contributed by atoms with Gasteiger partial charge in [-0.3, -0.25) is 0 Å². The Morgan fingerprint density at radius 2 is 2.24 bits per heavy atom. The molecule has 0 aromatic heterocycles. The van der Waals surface area contributed by atoms with Crippen LogP contribution in [0.3, 0.4) is 0 Å². The fraction of sp³-hybridized carbons (Fsp3) is 0.467. The molecule has 1 atom stereocenters. The van der Waals surface area contributed by atoms with Gasteiger partial charge in [0.2, 0.25) is 10.0 Å². The molecular formula is C15H18FNO3S. The van der Waals surface area contributed by atoms with Crippen LogP contribution < -0.4 is 0 Å². The summed E-state index contributed by atoms with van der Waals surface area (Å²) in [4.78, 5) is -0.314. The lowest BCUT2D eigenvalue weighted by Gasteiger charge is -2.30. The number of benzene rings is 1. The van der Waals surface area contributed by atoms with Gasteiger partial charge >= 0.3 is 0 Å². The molecule has 1 aliphatic heterocycles. The van der Waals surface area contributed by atoms with Crippen molar-refractivity contribution in [1.29, 1.82) is 0 Å². The number of aliphatic hydroxyl groups excluding tert-OH is 1. The molecule has 6 heteroatoms. The van der Waals surface area contributed by atoms with Gasteiger partial charge in [-0.2, -0.15) is 4.31 Å². The minimum atomic E-state index is -3.80. The number of sulfonamides is 1.